The number of nitrogens with two attached hydrogens (primary N) is 1. The number of nitrogens with zero attached hydrogens (tertiary/aromatic N) is 4. The predicted octanol–water partition coefficient (Wildman–Crippen LogP) is 3.88. The van der Waals surface area contributed by atoms with Gasteiger partial charge in [-0.1, -0.05) is 29.3 Å². The number of hydrogen-bond donors (Lipinski definition) is 2. The molecule has 3 N–H and O–H groups in total. The fourth-order valence-corrected chi connectivity index (χ4v) is 3.71. The van der Waals surface area contributed by atoms with E-state index >= 15 is 0 Å². The number of carbonyl (C=O) groups is 2. The lowest BCUT2D eigenvalue weighted by Gasteiger charge is -2.26. The Labute approximate surface area is 187 Å². The molecule has 0 spiro atoms. The van der Waals surface area contributed by atoms with Gasteiger partial charge in [-0.05, 0) is 36.4 Å². The molecule has 0 aliphatic carbocycles. The van der Waals surface area contributed by atoms with Crippen LogP contribution in [0.25, 0.3) is 11.3 Å². The van der Waals surface area contributed by atoms with Crippen molar-refractivity contribution in [3.63, 3.8) is 0 Å². The maximum atomic E-state index is 13.3. The van der Waals surface area contributed by atoms with E-state index in [1.807, 2.05) is 6.07 Å². The third kappa shape index (κ3) is 4.06. The Bertz CT molecular complexity index is 1230. The van der Waals surface area contributed by atoms with Crippen LogP contribution in [0.15, 0.2) is 42.5 Å². The van der Waals surface area contributed by atoms with Crippen LogP contribution in [-0.2, 0) is 13.1 Å². The molecule has 3 amide bonds. The lowest BCUT2D eigenvalue weighted by atomic mass is 10.0. The first-order valence-electron chi connectivity index (χ1n) is 9.28. The summed E-state index contributed by atoms with van der Waals surface area (Å²) in [5.74, 6) is -0.404. The van der Waals surface area contributed by atoms with Gasteiger partial charge in [-0.2, -0.15) is 10.4 Å². The van der Waals surface area contributed by atoms with Crippen LogP contribution in [0.2, 0.25) is 10.0 Å². The third-order valence-electron chi connectivity index (χ3n) is 4.98. The molecule has 0 fully saturated rings. The molecule has 1 aromatic heterocycles. The van der Waals surface area contributed by atoms with Crippen molar-refractivity contribution in [3.8, 4) is 17.3 Å². The van der Waals surface area contributed by atoms with Crippen molar-refractivity contribution in [3.05, 3.63) is 69.3 Å². The Hall–Kier alpha value is -3.54. The molecule has 2 aromatic carbocycles. The SMILES string of the molecule is N#Cc1ccc(NC(=O)c2c(-c3ccc(Cl)c(Cl)c3)nn3c2CN(C(N)=O)CC3)cc1. The van der Waals surface area contributed by atoms with Gasteiger partial charge in [0.2, 0.25) is 0 Å². The first-order chi connectivity index (χ1) is 14.9. The number of nitriles is 1. The number of carbonyl (C=O) groups excluding carboxylic acids is 2. The van der Waals surface area contributed by atoms with Crippen LogP contribution in [0, 0.1) is 11.3 Å². The molecule has 3 aromatic rings. The van der Waals surface area contributed by atoms with Crippen LogP contribution in [0.4, 0.5) is 10.5 Å². The number of urea groups is 1. The van der Waals surface area contributed by atoms with Crippen molar-refractivity contribution < 1.29 is 9.59 Å². The summed E-state index contributed by atoms with van der Waals surface area (Å²) < 4.78 is 1.70. The summed E-state index contributed by atoms with van der Waals surface area (Å²) in [5.41, 5.74) is 8.38. The summed E-state index contributed by atoms with van der Waals surface area (Å²) >= 11 is 12.2. The third-order valence-corrected chi connectivity index (χ3v) is 5.72. The number of benzene rings is 2. The normalized spacial score (nSPS) is 12.7. The first kappa shape index (κ1) is 20.7. The number of hydrogen-bond acceptors (Lipinski definition) is 4. The molecule has 156 valence electrons. The van der Waals surface area contributed by atoms with Crippen LogP contribution < -0.4 is 11.1 Å². The molecule has 10 heteroatoms. The minimum atomic E-state index is -0.568. The molecule has 0 atom stereocenters. The van der Waals surface area contributed by atoms with Crippen LogP contribution in [0.1, 0.15) is 21.6 Å². The fourth-order valence-electron chi connectivity index (χ4n) is 3.41. The van der Waals surface area contributed by atoms with Crippen molar-refractivity contribution in [2.24, 2.45) is 5.73 Å². The van der Waals surface area contributed by atoms with E-state index in [1.165, 1.54) is 4.90 Å². The van der Waals surface area contributed by atoms with Crippen molar-refractivity contribution >= 4 is 40.8 Å². The fraction of sp³-hybridized carbons (Fsp3) is 0.143. The second-order valence-corrected chi connectivity index (χ2v) is 7.74. The largest absolute Gasteiger partial charge is 0.351 e. The number of primary amides is 1. The van der Waals surface area contributed by atoms with Gasteiger partial charge in [0.1, 0.15) is 5.69 Å². The molecule has 0 unspecified atom stereocenters. The highest BCUT2D eigenvalue weighted by atomic mass is 35.5. The lowest BCUT2D eigenvalue weighted by Crippen LogP contribution is -2.42. The summed E-state index contributed by atoms with van der Waals surface area (Å²) in [6.07, 6.45) is 0. The minimum absolute atomic E-state index is 0.153. The van der Waals surface area contributed by atoms with Crippen LogP contribution >= 0.6 is 23.2 Å². The van der Waals surface area contributed by atoms with E-state index in [0.29, 0.717) is 56.9 Å². The van der Waals surface area contributed by atoms with E-state index < -0.39 is 11.9 Å². The van der Waals surface area contributed by atoms with Crippen LogP contribution in [-0.4, -0.2) is 33.2 Å². The van der Waals surface area contributed by atoms with Crippen molar-refractivity contribution in [2.45, 2.75) is 13.1 Å². The summed E-state index contributed by atoms with van der Waals surface area (Å²) in [6.45, 7) is 0.942. The average molecular weight is 455 g/mol. The highest BCUT2D eigenvalue weighted by Crippen LogP contribution is 2.33. The standard InChI is InChI=1S/C21H16Cl2N6O2/c22-15-6-3-13(9-16(15)23)19-18(17-11-28(21(25)31)7-8-29(17)27-19)20(30)26-14-4-1-12(10-24)2-5-14/h1-6,9H,7-8,11H2,(H2,25,31)(H,26,30). The number of anilines is 1. The van der Waals surface area contributed by atoms with Gasteiger partial charge in [-0.3, -0.25) is 9.48 Å². The van der Waals surface area contributed by atoms with E-state index in [-0.39, 0.29) is 6.54 Å². The Morgan fingerprint density at radius 2 is 1.84 bits per heavy atom. The number of amides is 3. The van der Waals surface area contributed by atoms with Gasteiger partial charge in [0.25, 0.3) is 5.91 Å². The highest BCUT2D eigenvalue weighted by molar-refractivity contribution is 6.42. The molecule has 0 bridgehead atoms. The molecular weight excluding hydrogens is 439 g/mol. The minimum Gasteiger partial charge on any atom is -0.351 e. The van der Waals surface area contributed by atoms with Crippen molar-refractivity contribution in [1.82, 2.24) is 14.7 Å². The molecule has 0 radical (unpaired) electrons. The van der Waals surface area contributed by atoms with Crippen molar-refractivity contribution in [1.29, 1.82) is 5.26 Å². The molecule has 0 saturated carbocycles. The Kier molecular flexibility index (Phi) is 5.55. The van der Waals surface area contributed by atoms with Gasteiger partial charge in [0, 0.05) is 17.8 Å². The van der Waals surface area contributed by atoms with E-state index in [1.54, 1.807) is 47.1 Å². The zero-order chi connectivity index (χ0) is 22.1. The zero-order valence-corrected chi connectivity index (χ0v) is 17.6. The average Bonchev–Trinajstić information content (AvgIpc) is 3.15. The maximum Gasteiger partial charge on any atom is 0.315 e. The molecule has 4 rings (SSSR count). The van der Waals surface area contributed by atoms with Gasteiger partial charge >= 0.3 is 6.03 Å². The lowest BCUT2D eigenvalue weighted by molar-refractivity contribution is 0.102. The summed E-state index contributed by atoms with van der Waals surface area (Å²) in [6, 6.07) is 13.0. The highest BCUT2D eigenvalue weighted by Gasteiger charge is 2.30. The van der Waals surface area contributed by atoms with Crippen LogP contribution in [0.3, 0.4) is 0 Å². The number of rotatable bonds is 3. The summed E-state index contributed by atoms with van der Waals surface area (Å²) in [4.78, 5) is 26.5. The molecule has 8 nitrogen and oxygen atoms in total. The number of fused-ring (bicyclic) bond motifs is 1. The van der Waals surface area contributed by atoms with E-state index in [9.17, 15) is 9.59 Å². The molecule has 31 heavy (non-hydrogen) atoms. The Morgan fingerprint density at radius 3 is 2.48 bits per heavy atom. The summed E-state index contributed by atoms with van der Waals surface area (Å²) in [5, 5.41) is 17.1. The van der Waals surface area contributed by atoms with E-state index in [2.05, 4.69) is 10.4 Å². The molecule has 1 aliphatic heterocycles. The topological polar surface area (TPSA) is 117 Å². The quantitative estimate of drug-likeness (QED) is 0.624. The number of halogens is 2. The zero-order valence-electron chi connectivity index (χ0n) is 16.1. The molecular formula is C21H16Cl2N6O2. The molecule has 2 heterocycles. The number of aromatic nitrogens is 2. The maximum absolute atomic E-state index is 13.3. The van der Waals surface area contributed by atoms with E-state index in [0.717, 1.165) is 0 Å². The van der Waals surface area contributed by atoms with Gasteiger partial charge in [0.15, 0.2) is 0 Å². The monoisotopic (exact) mass is 454 g/mol. The number of nitrogens with one attached hydrogen (secondary N) is 1. The van der Waals surface area contributed by atoms with Gasteiger partial charge in [-0.15, -0.1) is 0 Å². The van der Waals surface area contributed by atoms with Gasteiger partial charge in [0.05, 0.1) is 46.0 Å². The first-order valence-corrected chi connectivity index (χ1v) is 10.0. The summed E-state index contributed by atoms with van der Waals surface area (Å²) in [7, 11) is 0. The van der Waals surface area contributed by atoms with Crippen molar-refractivity contribution in [2.75, 3.05) is 11.9 Å². The predicted molar refractivity (Wildman–Crippen MR) is 117 cm³/mol. The second kappa shape index (κ2) is 8.30. The molecule has 1 aliphatic rings. The second-order valence-electron chi connectivity index (χ2n) is 6.93. The molecule has 0 saturated heterocycles. The van der Waals surface area contributed by atoms with E-state index in [4.69, 9.17) is 34.2 Å². The Morgan fingerprint density at radius 1 is 1.10 bits per heavy atom. The van der Waals surface area contributed by atoms with Gasteiger partial charge < -0.3 is 16.0 Å². The smallest absolute Gasteiger partial charge is 0.315 e. The van der Waals surface area contributed by atoms with Gasteiger partial charge in [-0.25, -0.2) is 4.79 Å². The Balaban J connectivity index is 1.78. The van der Waals surface area contributed by atoms with Crippen LogP contribution in [0.5, 0.6) is 0 Å².